The van der Waals surface area contributed by atoms with Gasteiger partial charge in [0.05, 0.1) is 25.1 Å². The van der Waals surface area contributed by atoms with Crippen molar-refractivity contribution >= 4 is 23.6 Å². The number of hydrogen-bond donors (Lipinski definition) is 3. The van der Waals surface area contributed by atoms with Gasteiger partial charge >= 0.3 is 0 Å². The smallest absolute Gasteiger partial charge is 0.255 e. The highest BCUT2D eigenvalue weighted by molar-refractivity contribution is 6.01. The van der Waals surface area contributed by atoms with Gasteiger partial charge in [-0.3, -0.25) is 19.2 Å². The third kappa shape index (κ3) is 9.58. The fourth-order valence-electron chi connectivity index (χ4n) is 4.86. The molecule has 3 aromatic carbocycles. The SMILES string of the molecule is CCCCN1CCOc2ccccc2C(=O)N[C@H](C(=O)NCCOc2ccccc2)CC(=O)N[C@@H](Cc2ccccc2)C1=O. The van der Waals surface area contributed by atoms with Gasteiger partial charge in [-0.15, -0.1) is 0 Å². The molecule has 4 amide bonds. The number of nitrogens with zero attached hydrogens (tertiary/aromatic N) is 1. The van der Waals surface area contributed by atoms with Crippen LogP contribution in [-0.2, 0) is 20.8 Å². The van der Waals surface area contributed by atoms with Crippen molar-refractivity contribution in [1.82, 2.24) is 20.9 Å². The Kier molecular flexibility index (Phi) is 12.2. The highest BCUT2D eigenvalue weighted by atomic mass is 16.5. The van der Waals surface area contributed by atoms with E-state index in [0.29, 0.717) is 18.0 Å². The van der Waals surface area contributed by atoms with Gasteiger partial charge < -0.3 is 30.3 Å². The first kappa shape index (κ1) is 32.1. The molecule has 1 aliphatic heterocycles. The predicted molar refractivity (Wildman–Crippen MR) is 166 cm³/mol. The number of fused-ring (bicyclic) bond motifs is 1. The van der Waals surface area contributed by atoms with Crippen molar-refractivity contribution < 1.29 is 28.7 Å². The van der Waals surface area contributed by atoms with Gasteiger partial charge in [0.2, 0.25) is 17.7 Å². The van der Waals surface area contributed by atoms with Gasteiger partial charge in [-0.25, -0.2) is 0 Å². The van der Waals surface area contributed by atoms with Crippen molar-refractivity contribution in [1.29, 1.82) is 0 Å². The van der Waals surface area contributed by atoms with E-state index in [-0.39, 0.29) is 50.6 Å². The molecule has 3 aromatic rings. The number of carbonyl (C=O) groups excluding carboxylic acids is 4. The van der Waals surface area contributed by atoms with Crippen LogP contribution < -0.4 is 25.4 Å². The van der Waals surface area contributed by atoms with E-state index in [2.05, 4.69) is 16.0 Å². The zero-order chi connectivity index (χ0) is 31.1. The van der Waals surface area contributed by atoms with Gasteiger partial charge in [0.1, 0.15) is 36.8 Å². The lowest BCUT2D eigenvalue weighted by Crippen LogP contribution is -2.54. The second-order valence-corrected chi connectivity index (χ2v) is 10.5. The molecule has 4 rings (SSSR count). The monoisotopic (exact) mass is 600 g/mol. The van der Waals surface area contributed by atoms with Crippen LogP contribution in [0.5, 0.6) is 11.5 Å². The van der Waals surface area contributed by atoms with Crippen molar-refractivity contribution in [3.8, 4) is 11.5 Å². The Balaban J connectivity index is 1.56. The molecule has 10 nitrogen and oxygen atoms in total. The molecule has 44 heavy (non-hydrogen) atoms. The van der Waals surface area contributed by atoms with Crippen LogP contribution in [0.4, 0.5) is 0 Å². The molecule has 10 heteroatoms. The molecule has 0 radical (unpaired) electrons. The largest absolute Gasteiger partial charge is 0.492 e. The van der Waals surface area contributed by atoms with Gasteiger partial charge in [-0.05, 0) is 36.2 Å². The first-order valence-electron chi connectivity index (χ1n) is 15.0. The third-order valence-electron chi connectivity index (χ3n) is 7.18. The van der Waals surface area contributed by atoms with Crippen LogP contribution in [0, 0.1) is 0 Å². The summed E-state index contributed by atoms with van der Waals surface area (Å²) in [5.41, 5.74) is 1.11. The fraction of sp³-hybridized carbons (Fsp3) is 0.353. The molecule has 0 unspecified atom stereocenters. The molecule has 0 fully saturated rings. The van der Waals surface area contributed by atoms with E-state index in [0.717, 1.165) is 18.4 Å². The van der Waals surface area contributed by atoms with Crippen LogP contribution in [0.2, 0.25) is 0 Å². The van der Waals surface area contributed by atoms with Gasteiger partial charge in [0, 0.05) is 13.0 Å². The maximum atomic E-state index is 13.9. The molecule has 0 bridgehead atoms. The Labute approximate surface area is 258 Å². The lowest BCUT2D eigenvalue weighted by atomic mass is 10.0. The average Bonchev–Trinajstić information content (AvgIpc) is 3.04. The number of carbonyl (C=O) groups is 4. The molecule has 0 saturated carbocycles. The molecule has 0 saturated heterocycles. The fourth-order valence-corrected chi connectivity index (χ4v) is 4.86. The summed E-state index contributed by atoms with van der Waals surface area (Å²) in [6, 6.07) is 23.2. The molecular weight excluding hydrogens is 560 g/mol. The van der Waals surface area contributed by atoms with E-state index in [1.54, 1.807) is 41.3 Å². The number of benzene rings is 3. The maximum Gasteiger partial charge on any atom is 0.255 e. The quantitative estimate of drug-likeness (QED) is 0.307. The topological polar surface area (TPSA) is 126 Å². The summed E-state index contributed by atoms with van der Waals surface area (Å²) in [6.07, 6.45) is 1.58. The minimum atomic E-state index is -1.21. The molecule has 0 aliphatic carbocycles. The number of unbranched alkanes of at least 4 members (excludes halogenated alkanes) is 1. The first-order chi connectivity index (χ1) is 21.4. The average molecular weight is 601 g/mol. The number of para-hydroxylation sites is 2. The van der Waals surface area contributed by atoms with E-state index in [9.17, 15) is 19.2 Å². The van der Waals surface area contributed by atoms with Gasteiger partial charge in [-0.2, -0.15) is 0 Å². The summed E-state index contributed by atoms with van der Waals surface area (Å²) in [4.78, 5) is 55.7. The number of hydrogen-bond acceptors (Lipinski definition) is 6. The highest BCUT2D eigenvalue weighted by Crippen LogP contribution is 2.19. The number of nitrogens with one attached hydrogen (secondary N) is 3. The lowest BCUT2D eigenvalue weighted by Gasteiger charge is -2.29. The minimum absolute atomic E-state index is 0.150. The summed E-state index contributed by atoms with van der Waals surface area (Å²) >= 11 is 0. The third-order valence-corrected chi connectivity index (χ3v) is 7.18. The van der Waals surface area contributed by atoms with E-state index >= 15 is 0 Å². The Morgan fingerprint density at radius 2 is 1.66 bits per heavy atom. The zero-order valence-corrected chi connectivity index (χ0v) is 25.0. The molecule has 232 valence electrons. The number of amides is 4. The Morgan fingerprint density at radius 3 is 2.41 bits per heavy atom. The molecule has 2 atom stereocenters. The van der Waals surface area contributed by atoms with Crippen molar-refractivity contribution in [2.45, 2.75) is 44.7 Å². The van der Waals surface area contributed by atoms with E-state index in [1.807, 2.05) is 55.5 Å². The molecule has 0 aromatic heterocycles. The normalized spacial score (nSPS) is 17.8. The van der Waals surface area contributed by atoms with Crippen molar-refractivity contribution in [3.05, 3.63) is 96.1 Å². The molecule has 3 N–H and O–H groups in total. The highest BCUT2D eigenvalue weighted by Gasteiger charge is 2.30. The molecule has 1 aliphatic rings. The summed E-state index contributed by atoms with van der Waals surface area (Å²) in [5, 5.41) is 8.30. The zero-order valence-electron chi connectivity index (χ0n) is 25.0. The van der Waals surface area contributed by atoms with E-state index in [4.69, 9.17) is 9.47 Å². The lowest BCUT2D eigenvalue weighted by molar-refractivity contribution is -0.137. The summed E-state index contributed by atoms with van der Waals surface area (Å²) < 4.78 is 11.6. The van der Waals surface area contributed by atoms with Gasteiger partial charge in [0.25, 0.3) is 5.91 Å². The summed E-state index contributed by atoms with van der Waals surface area (Å²) in [7, 11) is 0. The first-order valence-corrected chi connectivity index (χ1v) is 15.0. The molecular formula is C34H40N4O6. The summed E-state index contributed by atoms with van der Waals surface area (Å²) in [5.74, 6) is -0.876. The minimum Gasteiger partial charge on any atom is -0.492 e. The van der Waals surface area contributed by atoms with Gasteiger partial charge in [0.15, 0.2) is 0 Å². The second-order valence-electron chi connectivity index (χ2n) is 10.5. The predicted octanol–water partition coefficient (Wildman–Crippen LogP) is 3.12. The molecule has 0 spiro atoms. The van der Waals surface area contributed by atoms with Crippen LogP contribution in [0.3, 0.4) is 0 Å². The summed E-state index contributed by atoms with van der Waals surface area (Å²) in [6.45, 7) is 3.33. The molecule has 1 heterocycles. The Morgan fingerprint density at radius 1 is 0.955 bits per heavy atom. The standard InChI is InChI=1S/C34H40N4O6/c1-2-3-19-38-20-22-44-30-17-11-10-16-27(30)32(40)37-28(33(41)35-18-21-43-26-14-8-5-9-15-26)24-31(39)36-29(34(38)42)23-25-12-6-4-7-13-25/h4-17,28-29H,2-3,18-24H2,1H3,(H,35,41)(H,36,39)(H,37,40)/t28-,29-/m0/s1. The van der Waals surface area contributed by atoms with E-state index in [1.165, 1.54) is 0 Å². The van der Waals surface area contributed by atoms with Crippen molar-refractivity contribution in [2.24, 2.45) is 0 Å². The van der Waals surface area contributed by atoms with Crippen LogP contribution in [0.25, 0.3) is 0 Å². The second kappa shape index (κ2) is 16.7. The maximum absolute atomic E-state index is 13.9. The number of rotatable bonds is 10. The Hall–Kier alpha value is -4.86. The number of ether oxygens (including phenoxy) is 2. The van der Waals surface area contributed by atoms with Crippen LogP contribution >= 0.6 is 0 Å². The van der Waals surface area contributed by atoms with Crippen molar-refractivity contribution in [2.75, 3.05) is 32.8 Å². The van der Waals surface area contributed by atoms with Crippen LogP contribution in [0.1, 0.15) is 42.1 Å². The van der Waals surface area contributed by atoms with Crippen LogP contribution in [0.15, 0.2) is 84.9 Å². The Bertz CT molecular complexity index is 1380. The van der Waals surface area contributed by atoms with E-state index < -0.39 is 29.8 Å². The van der Waals surface area contributed by atoms with Crippen molar-refractivity contribution in [3.63, 3.8) is 0 Å². The van der Waals surface area contributed by atoms with Crippen LogP contribution in [-0.4, -0.2) is 73.5 Å². The van der Waals surface area contributed by atoms with Gasteiger partial charge in [-0.1, -0.05) is 74.0 Å².